The second-order valence-corrected chi connectivity index (χ2v) is 5.43. The van der Waals surface area contributed by atoms with Crippen LogP contribution in [0.2, 0.25) is 0 Å². The molecule has 16 heavy (non-hydrogen) atoms. The molecule has 0 unspecified atom stereocenters. The van der Waals surface area contributed by atoms with E-state index in [1.54, 1.807) is 12.1 Å². The zero-order valence-corrected chi connectivity index (χ0v) is 10.4. The molecular formula is C12H17NO2Si. The summed E-state index contributed by atoms with van der Waals surface area (Å²) in [6, 6.07) is 7.29. The first-order valence-electron chi connectivity index (χ1n) is 5.11. The Morgan fingerprint density at radius 1 is 1.12 bits per heavy atom. The Morgan fingerprint density at radius 2 is 1.75 bits per heavy atom. The first kappa shape index (κ1) is 12.5. The molecule has 0 aromatic heterocycles. The molecule has 0 aliphatic carbocycles. The summed E-state index contributed by atoms with van der Waals surface area (Å²) in [6.45, 7) is 8.46. The SMILES string of the molecule is C=C[SiH](C=C)OCCOc1ccc(N)cc1. The summed E-state index contributed by atoms with van der Waals surface area (Å²) >= 11 is 0. The van der Waals surface area contributed by atoms with E-state index >= 15 is 0 Å². The number of ether oxygens (including phenoxy) is 1. The molecule has 0 atom stereocenters. The van der Waals surface area contributed by atoms with Gasteiger partial charge in [-0.05, 0) is 24.3 Å². The maximum atomic E-state index is 5.56. The first-order chi connectivity index (χ1) is 7.76. The predicted octanol–water partition coefficient (Wildman–Crippen LogP) is 1.84. The number of hydrogen-bond acceptors (Lipinski definition) is 3. The lowest BCUT2D eigenvalue weighted by atomic mass is 10.3. The summed E-state index contributed by atoms with van der Waals surface area (Å²) in [5.41, 5.74) is 9.95. The molecule has 0 aliphatic heterocycles. The summed E-state index contributed by atoms with van der Waals surface area (Å²) in [7, 11) is -1.40. The molecule has 3 nitrogen and oxygen atoms in total. The highest BCUT2D eigenvalue weighted by atomic mass is 28.3. The average Bonchev–Trinajstić information content (AvgIpc) is 2.32. The van der Waals surface area contributed by atoms with E-state index in [1.807, 2.05) is 23.5 Å². The number of benzene rings is 1. The van der Waals surface area contributed by atoms with Crippen molar-refractivity contribution in [1.82, 2.24) is 0 Å². The fraction of sp³-hybridized carbons (Fsp3) is 0.167. The van der Waals surface area contributed by atoms with Crippen LogP contribution in [0.1, 0.15) is 0 Å². The largest absolute Gasteiger partial charge is 0.491 e. The van der Waals surface area contributed by atoms with Gasteiger partial charge in [-0.25, -0.2) is 0 Å². The Labute approximate surface area is 97.9 Å². The van der Waals surface area contributed by atoms with Crippen LogP contribution in [0.5, 0.6) is 5.75 Å². The van der Waals surface area contributed by atoms with Gasteiger partial charge >= 0.3 is 0 Å². The van der Waals surface area contributed by atoms with Crippen molar-refractivity contribution in [2.45, 2.75) is 0 Å². The fourth-order valence-corrected chi connectivity index (χ4v) is 1.97. The van der Waals surface area contributed by atoms with Gasteiger partial charge in [0.1, 0.15) is 12.4 Å². The molecule has 1 rings (SSSR count). The van der Waals surface area contributed by atoms with Crippen molar-refractivity contribution < 1.29 is 9.16 Å². The highest BCUT2D eigenvalue weighted by molar-refractivity contribution is 6.62. The number of rotatable bonds is 7. The molecule has 0 saturated carbocycles. The third-order valence-corrected chi connectivity index (χ3v) is 3.56. The van der Waals surface area contributed by atoms with Gasteiger partial charge in [-0.3, -0.25) is 0 Å². The van der Waals surface area contributed by atoms with Gasteiger partial charge in [-0.2, -0.15) is 0 Å². The third-order valence-electron chi connectivity index (χ3n) is 2.01. The van der Waals surface area contributed by atoms with Gasteiger partial charge < -0.3 is 14.9 Å². The minimum Gasteiger partial charge on any atom is -0.491 e. The number of anilines is 1. The Kier molecular flexibility index (Phi) is 5.39. The molecule has 0 fully saturated rings. The molecule has 1 aromatic rings. The molecule has 0 saturated heterocycles. The quantitative estimate of drug-likeness (QED) is 0.445. The van der Waals surface area contributed by atoms with Crippen molar-refractivity contribution in [1.29, 1.82) is 0 Å². The molecule has 86 valence electrons. The van der Waals surface area contributed by atoms with E-state index in [-0.39, 0.29) is 0 Å². The first-order valence-corrected chi connectivity index (χ1v) is 6.92. The van der Waals surface area contributed by atoms with Gasteiger partial charge in [0.15, 0.2) is 0 Å². The second kappa shape index (κ2) is 6.87. The van der Waals surface area contributed by atoms with Crippen molar-refractivity contribution in [3.05, 3.63) is 48.8 Å². The molecule has 0 radical (unpaired) electrons. The smallest absolute Gasteiger partial charge is 0.224 e. The van der Waals surface area contributed by atoms with Gasteiger partial charge in [0.2, 0.25) is 9.04 Å². The van der Waals surface area contributed by atoms with Crippen LogP contribution in [-0.2, 0) is 4.43 Å². The van der Waals surface area contributed by atoms with Crippen LogP contribution in [0, 0.1) is 0 Å². The van der Waals surface area contributed by atoms with Crippen LogP contribution in [0.4, 0.5) is 5.69 Å². The van der Waals surface area contributed by atoms with Crippen LogP contribution < -0.4 is 10.5 Å². The minimum absolute atomic E-state index is 0.523. The summed E-state index contributed by atoms with van der Waals surface area (Å²) in [5, 5.41) is 0. The van der Waals surface area contributed by atoms with Crippen molar-refractivity contribution in [3.63, 3.8) is 0 Å². The summed E-state index contributed by atoms with van der Waals surface area (Å²) in [6.07, 6.45) is 0. The highest BCUT2D eigenvalue weighted by Gasteiger charge is 2.00. The maximum absolute atomic E-state index is 5.56. The van der Waals surface area contributed by atoms with E-state index in [0.717, 1.165) is 11.4 Å². The molecule has 2 N–H and O–H groups in total. The van der Waals surface area contributed by atoms with E-state index in [9.17, 15) is 0 Å². The summed E-state index contributed by atoms with van der Waals surface area (Å²) < 4.78 is 11.0. The number of nitrogens with two attached hydrogens (primary N) is 1. The Morgan fingerprint density at radius 3 is 2.31 bits per heavy atom. The normalized spacial score (nSPS) is 10.1. The standard InChI is InChI=1S/C12H17NO2Si/c1-3-16(4-2)15-10-9-14-12-7-5-11(13)6-8-12/h3-8,16H,1-2,9-10,13H2. The predicted molar refractivity (Wildman–Crippen MR) is 69.8 cm³/mol. The highest BCUT2D eigenvalue weighted by Crippen LogP contribution is 2.12. The van der Waals surface area contributed by atoms with Crippen LogP contribution in [0.25, 0.3) is 0 Å². The van der Waals surface area contributed by atoms with E-state index in [4.69, 9.17) is 14.9 Å². The number of hydrogen-bond donors (Lipinski definition) is 1. The zero-order chi connectivity index (χ0) is 11.8. The zero-order valence-electron chi connectivity index (χ0n) is 9.26. The van der Waals surface area contributed by atoms with E-state index in [0.29, 0.717) is 13.2 Å². The Bertz CT molecular complexity index is 329. The Hall–Kier alpha value is -1.52. The van der Waals surface area contributed by atoms with Gasteiger partial charge in [0, 0.05) is 5.69 Å². The lowest BCUT2D eigenvalue weighted by Gasteiger charge is -2.09. The van der Waals surface area contributed by atoms with E-state index < -0.39 is 9.04 Å². The van der Waals surface area contributed by atoms with Gasteiger partial charge in [-0.15, -0.1) is 13.2 Å². The van der Waals surface area contributed by atoms with Crippen LogP contribution in [0.15, 0.2) is 48.8 Å². The maximum Gasteiger partial charge on any atom is 0.224 e. The summed E-state index contributed by atoms with van der Waals surface area (Å²) in [4.78, 5) is 0. The van der Waals surface area contributed by atoms with Crippen molar-refractivity contribution >= 4 is 14.7 Å². The molecule has 1 aromatic carbocycles. The van der Waals surface area contributed by atoms with Crippen molar-refractivity contribution in [2.75, 3.05) is 18.9 Å². The lowest BCUT2D eigenvalue weighted by Crippen LogP contribution is -2.17. The molecule has 0 aliphatic rings. The van der Waals surface area contributed by atoms with Gasteiger partial charge in [0.05, 0.1) is 6.61 Å². The molecule has 0 spiro atoms. The minimum atomic E-state index is -1.40. The second-order valence-electron chi connectivity index (χ2n) is 3.22. The molecule has 4 heteroatoms. The third kappa shape index (κ3) is 4.33. The summed E-state index contributed by atoms with van der Waals surface area (Å²) in [5.74, 6) is 0.799. The van der Waals surface area contributed by atoms with Crippen LogP contribution >= 0.6 is 0 Å². The Balaban J connectivity index is 2.23. The molecule has 0 heterocycles. The molecular weight excluding hydrogens is 218 g/mol. The van der Waals surface area contributed by atoms with Gasteiger partial charge in [0.25, 0.3) is 0 Å². The van der Waals surface area contributed by atoms with E-state index in [1.165, 1.54) is 0 Å². The van der Waals surface area contributed by atoms with Crippen molar-refractivity contribution in [3.8, 4) is 5.75 Å². The monoisotopic (exact) mass is 235 g/mol. The molecule has 0 bridgehead atoms. The van der Waals surface area contributed by atoms with Crippen molar-refractivity contribution in [2.24, 2.45) is 0 Å². The lowest BCUT2D eigenvalue weighted by molar-refractivity contribution is 0.221. The fourth-order valence-electron chi connectivity index (χ4n) is 1.14. The van der Waals surface area contributed by atoms with Crippen LogP contribution in [0.3, 0.4) is 0 Å². The number of nitrogen functional groups attached to an aromatic ring is 1. The van der Waals surface area contributed by atoms with E-state index in [2.05, 4.69) is 13.2 Å². The molecule has 0 amide bonds. The van der Waals surface area contributed by atoms with Gasteiger partial charge in [-0.1, -0.05) is 11.4 Å². The topological polar surface area (TPSA) is 44.5 Å². The average molecular weight is 235 g/mol. The van der Waals surface area contributed by atoms with Crippen LogP contribution in [-0.4, -0.2) is 22.3 Å².